The number of hydrogen-bond donors (Lipinski definition) is 1. The molecule has 1 aromatic carbocycles. The largest absolute Gasteiger partial charge is 0.459 e. The Kier molecular flexibility index (Phi) is 5.08. The molecule has 0 bridgehead atoms. The third-order valence-corrected chi connectivity index (χ3v) is 5.15. The van der Waals surface area contributed by atoms with Crippen molar-refractivity contribution in [3.63, 3.8) is 0 Å². The molecule has 25 heavy (non-hydrogen) atoms. The van der Waals surface area contributed by atoms with Crippen molar-refractivity contribution < 1.29 is 14.0 Å². The van der Waals surface area contributed by atoms with Crippen LogP contribution in [0.15, 0.2) is 34.7 Å². The van der Waals surface area contributed by atoms with E-state index < -0.39 is 0 Å². The summed E-state index contributed by atoms with van der Waals surface area (Å²) >= 11 is 0. The van der Waals surface area contributed by atoms with Crippen LogP contribution >= 0.6 is 0 Å². The molecule has 0 spiro atoms. The lowest BCUT2D eigenvalue weighted by Crippen LogP contribution is -2.45. The van der Waals surface area contributed by atoms with E-state index in [-0.39, 0.29) is 23.8 Å². The minimum absolute atomic E-state index is 0.000455. The van der Waals surface area contributed by atoms with E-state index in [2.05, 4.69) is 0 Å². The van der Waals surface area contributed by atoms with Crippen molar-refractivity contribution in [3.8, 4) is 0 Å². The average molecular weight is 343 g/mol. The maximum Gasteiger partial charge on any atom is 0.236 e. The zero-order chi connectivity index (χ0) is 18.0. The van der Waals surface area contributed by atoms with E-state index >= 15 is 0 Å². The molecule has 0 radical (unpaired) electrons. The molecule has 1 unspecified atom stereocenters. The number of likely N-dealkylation sites (N-methyl/N-ethyl adjacent to an activating group) is 1. The van der Waals surface area contributed by atoms with E-state index in [1.807, 2.05) is 54.1 Å². The number of primary amides is 1. The van der Waals surface area contributed by atoms with E-state index in [4.69, 9.17) is 10.2 Å². The van der Waals surface area contributed by atoms with Gasteiger partial charge in [-0.25, -0.2) is 0 Å². The maximum atomic E-state index is 12.5. The van der Waals surface area contributed by atoms with Crippen molar-refractivity contribution in [2.75, 3.05) is 26.7 Å². The summed E-state index contributed by atoms with van der Waals surface area (Å²) in [6.07, 6.45) is 1.31. The number of hydrogen-bond acceptors (Lipinski definition) is 4. The van der Waals surface area contributed by atoms with Gasteiger partial charge in [-0.2, -0.15) is 0 Å². The molecule has 134 valence electrons. The Morgan fingerprint density at radius 1 is 1.32 bits per heavy atom. The first-order valence-corrected chi connectivity index (χ1v) is 8.71. The molecule has 2 N–H and O–H groups in total. The summed E-state index contributed by atoms with van der Waals surface area (Å²) < 4.78 is 5.90. The number of nitrogens with zero attached hydrogens (tertiary/aromatic N) is 2. The number of fused-ring (bicyclic) bond motifs is 1. The number of carbonyl (C=O) groups excluding carboxylic acids is 2. The molecular formula is C19H25N3O3. The molecule has 3 rings (SSSR count). The van der Waals surface area contributed by atoms with Gasteiger partial charge in [0.25, 0.3) is 0 Å². The highest BCUT2D eigenvalue weighted by Gasteiger charge is 2.27. The van der Waals surface area contributed by atoms with Gasteiger partial charge < -0.3 is 15.1 Å². The molecule has 1 atom stereocenters. The fourth-order valence-corrected chi connectivity index (χ4v) is 3.29. The molecule has 6 nitrogen and oxygen atoms in total. The van der Waals surface area contributed by atoms with Gasteiger partial charge in [-0.3, -0.25) is 14.5 Å². The number of amides is 2. The number of carbonyl (C=O) groups is 2. The van der Waals surface area contributed by atoms with Crippen LogP contribution in [-0.2, 0) is 9.59 Å². The van der Waals surface area contributed by atoms with Gasteiger partial charge in [-0.05, 0) is 38.9 Å². The lowest BCUT2D eigenvalue weighted by atomic mass is 9.96. The zero-order valence-electron chi connectivity index (χ0n) is 14.8. The number of benzene rings is 1. The summed E-state index contributed by atoms with van der Waals surface area (Å²) in [6, 6.07) is 9.92. The second-order valence-electron chi connectivity index (χ2n) is 6.84. The van der Waals surface area contributed by atoms with Crippen molar-refractivity contribution in [1.29, 1.82) is 0 Å². The van der Waals surface area contributed by atoms with E-state index in [1.54, 1.807) is 0 Å². The summed E-state index contributed by atoms with van der Waals surface area (Å²) in [5, 5.41) is 1.07. The van der Waals surface area contributed by atoms with Gasteiger partial charge in [0.05, 0.1) is 12.6 Å². The molecule has 2 aromatic rings. The molecule has 1 aromatic heterocycles. The van der Waals surface area contributed by atoms with Gasteiger partial charge in [0.15, 0.2) is 0 Å². The highest BCUT2D eigenvalue weighted by atomic mass is 16.3. The molecule has 1 fully saturated rings. The van der Waals surface area contributed by atoms with Crippen molar-refractivity contribution in [3.05, 3.63) is 36.1 Å². The maximum absolute atomic E-state index is 12.5. The van der Waals surface area contributed by atoms with Crippen LogP contribution in [0.25, 0.3) is 11.0 Å². The normalized spacial score (nSPS) is 17.2. The standard InChI is InChI=1S/C19H25N3O3/c1-13(17-11-15-5-3-4-6-16(15)25-17)21(2)12-18(23)22-9-7-14(8-10-22)19(20)24/h3-6,11,13-14H,7-10,12H2,1-2H3,(H2,20,24). The lowest BCUT2D eigenvalue weighted by molar-refractivity contribution is -0.136. The first-order chi connectivity index (χ1) is 12.0. The predicted molar refractivity (Wildman–Crippen MR) is 95.8 cm³/mol. The number of likely N-dealkylation sites (tertiary alicyclic amines) is 1. The monoisotopic (exact) mass is 343 g/mol. The van der Waals surface area contributed by atoms with Crippen LogP contribution in [0.3, 0.4) is 0 Å². The van der Waals surface area contributed by atoms with Crippen molar-refractivity contribution in [1.82, 2.24) is 9.80 Å². The molecule has 2 amide bonds. The van der Waals surface area contributed by atoms with Gasteiger partial charge in [0.1, 0.15) is 11.3 Å². The van der Waals surface area contributed by atoms with E-state index in [1.165, 1.54) is 0 Å². The Hall–Kier alpha value is -2.34. The highest BCUT2D eigenvalue weighted by molar-refractivity contribution is 5.80. The second kappa shape index (κ2) is 7.27. The molecule has 6 heteroatoms. The molecule has 0 aliphatic carbocycles. The van der Waals surface area contributed by atoms with Crippen LogP contribution in [0.4, 0.5) is 0 Å². The summed E-state index contributed by atoms with van der Waals surface area (Å²) in [5.74, 6) is 0.566. The van der Waals surface area contributed by atoms with Gasteiger partial charge in [-0.15, -0.1) is 0 Å². The quantitative estimate of drug-likeness (QED) is 0.902. The third kappa shape index (κ3) is 3.85. The minimum Gasteiger partial charge on any atom is -0.459 e. The van der Waals surface area contributed by atoms with E-state index in [0.29, 0.717) is 32.5 Å². The van der Waals surface area contributed by atoms with Gasteiger partial charge in [0, 0.05) is 24.4 Å². The second-order valence-corrected chi connectivity index (χ2v) is 6.84. The SMILES string of the molecule is CC(c1cc2ccccc2o1)N(C)CC(=O)N1CCC(C(N)=O)CC1. The van der Waals surface area contributed by atoms with E-state index in [0.717, 1.165) is 16.7 Å². The molecule has 1 aliphatic heterocycles. The summed E-state index contributed by atoms with van der Waals surface area (Å²) in [6.45, 7) is 3.54. The molecule has 2 heterocycles. The van der Waals surface area contributed by atoms with Gasteiger partial charge >= 0.3 is 0 Å². The first-order valence-electron chi connectivity index (χ1n) is 8.71. The van der Waals surface area contributed by atoms with Crippen molar-refractivity contribution in [2.24, 2.45) is 11.7 Å². The van der Waals surface area contributed by atoms with E-state index in [9.17, 15) is 9.59 Å². The predicted octanol–water partition coefficient (Wildman–Crippen LogP) is 2.15. The Balaban J connectivity index is 1.58. The van der Waals surface area contributed by atoms with Crippen molar-refractivity contribution in [2.45, 2.75) is 25.8 Å². The smallest absolute Gasteiger partial charge is 0.236 e. The van der Waals surface area contributed by atoms with Crippen LogP contribution in [0, 0.1) is 5.92 Å². The molecule has 1 aliphatic rings. The number of para-hydroxylation sites is 1. The van der Waals surface area contributed by atoms with Crippen LogP contribution < -0.4 is 5.73 Å². The van der Waals surface area contributed by atoms with Gasteiger partial charge in [0.2, 0.25) is 11.8 Å². The van der Waals surface area contributed by atoms with Crippen LogP contribution in [-0.4, -0.2) is 48.3 Å². The topological polar surface area (TPSA) is 79.8 Å². The highest BCUT2D eigenvalue weighted by Crippen LogP contribution is 2.26. The Morgan fingerprint density at radius 3 is 2.64 bits per heavy atom. The molecule has 0 saturated carbocycles. The third-order valence-electron chi connectivity index (χ3n) is 5.15. The first kappa shape index (κ1) is 17.5. The number of furan rings is 1. The molecule has 1 saturated heterocycles. The Bertz CT molecular complexity index is 729. The fourth-order valence-electron chi connectivity index (χ4n) is 3.29. The Labute approximate surface area is 147 Å². The van der Waals surface area contributed by atoms with Crippen molar-refractivity contribution >= 4 is 22.8 Å². The van der Waals surface area contributed by atoms with Crippen LogP contribution in [0.2, 0.25) is 0 Å². The number of rotatable bonds is 5. The summed E-state index contributed by atoms with van der Waals surface area (Å²) in [4.78, 5) is 27.6. The zero-order valence-corrected chi connectivity index (χ0v) is 14.8. The minimum atomic E-state index is -0.261. The van der Waals surface area contributed by atoms with Crippen LogP contribution in [0.5, 0.6) is 0 Å². The summed E-state index contributed by atoms with van der Waals surface area (Å²) in [5.41, 5.74) is 6.20. The Morgan fingerprint density at radius 2 is 2.00 bits per heavy atom. The molecular weight excluding hydrogens is 318 g/mol. The van der Waals surface area contributed by atoms with Crippen LogP contribution in [0.1, 0.15) is 31.6 Å². The number of nitrogens with two attached hydrogens (primary N) is 1. The number of piperidine rings is 1. The lowest BCUT2D eigenvalue weighted by Gasteiger charge is -2.32. The fraction of sp³-hybridized carbons (Fsp3) is 0.474. The summed E-state index contributed by atoms with van der Waals surface area (Å²) in [7, 11) is 1.92. The average Bonchev–Trinajstić information content (AvgIpc) is 3.05. The van der Waals surface area contributed by atoms with Gasteiger partial charge in [-0.1, -0.05) is 18.2 Å².